The predicted octanol–water partition coefficient (Wildman–Crippen LogP) is 2.76. The van der Waals surface area contributed by atoms with Gasteiger partial charge in [-0.3, -0.25) is 4.79 Å². The third kappa shape index (κ3) is 2.13. The summed E-state index contributed by atoms with van der Waals surface area (Å²) in [7, 11) is 0. The molecular formula is C16H16N2O4. The molecule has 0 saturated heterocycles. The SMILES string of the molecule is CC(=O)Nc1cc(C(=O)O)c2c(c1)-n1cccc1C(C)(C)O2. The summed E-state index contributed by atoms with van der Waals surface area (Å²) in [5, 5.41) is 12.1. The summed E-state index contributed by atoms with van der Waals surface area (Å²) in [6, 6.07) is 6.92. The van der Waals surface area contributed by atoms with Gasteiger partial charge in [-0.15, -0.1) is 0 Å². The van der Waals surface area contributed by atoms with Crippen LogP contribution in [0.5, 0.6) is 5.75 Å². The van der Waals surface area contributed by atoms with Crippen molar-refractivity contribution < 1.29 is 19.4 Å². The van der Waals surface area contributed by atoms with Crippen LogP contribution in [0.1, 0.15) is 36.8 Å². The molecule has 2 heterocycles. The fourth-order valence-electron chi connectivity index (χ4n) is 2.72. The molecule has 6 nitrogen and oxygen atoms in total. The van der Waals surface area contributed by atoms with Crippen LogP contribution < -0.4 is 10.1 Å². The molecule has 0 unspecified atom stereocenters. The molecule has 0 saturated carbocycles. The van der Waals surface area contributed by atoms with Gasteiger partial charge < -0.3 is 19.7 Å². The zero-order valence-electron chi connectivity index (χ0n) is 12.5. The lowest BCUT2D eigenvalue weighted by Gasteiger charge is -2.35. The van der Waals surface area contributed by atoms with Crippen molar-refractivity contribution >= 4 is 17.6 Å². The van der Waals surface area contributed by atoms with E-state index in [-0.39, 0.29) is 11.5 Å². The number of rotatable bonds is 2. The maximum absolute atomic E-state index is 11.6. The number of fused-ring (bicyclic) bond motifs is 3. The third-order valence-corrected chi connectivity index (χ3v) is 3.60. The van der Waals surface area contributed by atoms with E-state index in [0.717, 1.165) is 5.69 Å². The second-order valence-corrected chi connectivity index (χ2v) is 5.73. The van der Waals surface area contributed by atoms with Crippen molar-refractivity contribution in [3.63, 3.8) is 0 Å². The number of hydrogen-bond acceptors (Lipinski definition) is 3. The molecule has 1 aromatic heterocycles. The summed E-state index contributed by atoms with van der Waals surface area (Å²) in [4.78, 5) is 22.8. The largest absolute Gasteiger partial charge is 0.478 e. The van der Waals surface area contributed by atoms with Crippen LogP contribution >= 0.6 is 0 Å². The fourth-order valence-corrected chi connectivity index (χ4v) is 2.72. The molecule has 0 bridgehead atoms. The van der Waals surface area contributed by atoms with Gasteiger partial charge in [0, 0.05) is 18.8 Å². The molecule has 1 aliphatic heterocycles. The van der Waals surface area contributed by atoms with Crippen molar-refractivity contribution in [2.75, 3.05) is 5.32 Å². The van der Waals surface area contributed by atoms with Gasteiger partial charge in [0.05, 0.1) is 11.4 Å². The van der Waals surface area contributed by atoms with E-state index < -0.39 is 11.6 Å². The van der Waals surface area contributed by atoms with Crippen LogP contribution in [0.25, 0.3) is 5.69 Å². The Morgan fingerprint density at radius 2 is 2.05 bits per heavy atom. The van der Waals surface area contributed by atoms with Gasteiger partial charge in [-0.05, 0) is 38.1 Å². The number of aromatic nitrogens is 1. The molecule has 114 valence electrons. The third-order valence-electron chi connectivity index (χ3n) is 3.60. The number of aromatic carboxylic acids is 1. The predicted molar refractivity (Wildman–Crippen MR) is 80.7 cm³/mol. The first-order chi connectivity index (χ1) is 10.3. The van der Waals surface area contributed by atoms with E-state index in [9.17, 15) is 14.7 Å². The number of nitrogens with one attached hydrogen (secondary N) is 1. The van der Waals surface area contributed by atoms with E-state index in [1.807, 2.05) is 36.7 Å². The van der Waals surface area contributed by atoms with Crippen LogP contribution in [0, 0.1) is 0 Å². The molecule has 1 aliphatic rings. The van der Waals surface area contributed by atoms with E-state index >= 15 is 0 Å². The Labute approximate surface area is 127 Å². The Morgan fingerprint density at radius 1 is 1.32 bits per heavy atom. The highest BCUT2D eigenvalue weighted by Gasteiger charge is 2.35. The number of carboxylic acids is 1. The fraction of sp³-hybridized carbons (Fsp3) is 0.250. The van der Waals surface area contributed by atoms with Gasteiger partial charge in [-0.1, -0.05) is 0 Å². The standard InChI is InChI=1S/C16H16N2O4/c1-9(19)17-10-7-11(15(20)21)14-12(8-10)18-6-4-5-13(18)16(2,3)22-14/h4-8H,1-3H3,(H,17,19)(H,20,21). The minimum Gasteiger partial charge on any atom is -0.478 e. The van der Waals surface area contributed by atoms with Gasteiger partial charge in [-0.25, -0.2) is 4.79 Å². The van der Waals surface area contributed by atoms with Crippen LogP contribution in [0.3, 0.4) is 0 Å². The second-order valence-electron chi connectivity index (χ2n) is 5.73. The van der Waals surface area contributed by atoms with E-state index in [0.29, 0.717) is 17.1 Å². The molecule has 0 atom stereocenters. The quantitative estimate of drug-likeness (QED) is 0.893. The molecule has 3 rings (SSSR count). The van der Waals surface area contributed by atoms with Crippen LogP contribution in [0.4, 0.5) is 5.69 Å². The summed E-state index contributed by atoms with van der Waals surface area (Å²) in [5.41, 5.74) is 1.32. The normalized spacial score (nSPS) is 14.5. The highest BCUT2D eigenvalue weighted by atomic mass is 16.5. The van der Waals surface area contributed by atoms with E-state index in [1.165, 1.54) is 13.0 Å². The number of carboxylic acid groups (broad SMARTS) is 1. The van der Waals surface area contributed by atoms with Gasteiger partial charge in [-0.2, -0.15) is 0 Å². The van der Waals surface area contributed by atoms with E-state index in [1.54, 1.807) is 6.07 Å². The summed E-state index contributed by atoms with van der Waals surface area (Å²) >= 11 is 0. The van der Waals surface area contributed by atoms with Crippen molar-refractivity contribution in [3.8, 4) is 11.4 Å². The van der Waals surface area contributed by atoms with Crippen molar-refractivity contribution in [1.82, 2.24) is 4.57 Å². The Bertz CT molecular complexity index is 789. The Morgan fingerprint density at radius 3 is 2.68 bits per heavy atom. The Hall–Kier alpha value is -2.76. The number of carbonyl (C=O) groups is 2. The Balaban J connectivity index is 2.27. The lowest BCUT2D eigenvalue weighted by Crippen LogP contribution is -2.33. The molecule has 2 aromatic rings. The average Bonchev–Trinajstić information content (AvgIpc) is 2.88. The monoisotopic (exact) mass is 300 g/mol. The minimum atomic E-state index is -1.10. The molecule has 6 heteroatoms. The van der Waals surface area contributed by atoms with Crippen molar-refractivity contribution in [2.45, 2.75) is 26.4 Å². The number of amides is 1. The maximum Gasteiger partial charge on any atom is 0.339 e. The lowest BCUT2D eigenvalue weighted by molar-refractivity contribution is -0.114. The number of nitrogens with zero attached hydrogens (tertiary/aromatic N) is 1. The zero-order chi connectivity index (χ0) is 16.1. The molecule has 0 radical (unpaired) electrons. The lowest BCUT2D eigenvalue weighted by atomic mass is 10.0. The maximum atomic E-state index is 11.6. The number of carbonyl (C=O) groups excluding carboxylic acids is 1. The topological polar surface area (TPSA) is 80.6 Å². The van der Waals surface area contributed by atoms with Crippen LogP contribution in [-0.2, 0) is 10.4 Å². The molecule has 0 spiro atoms. The number of ether oxygens (including phenoxy) is 1. The summed E-state index contributed by atoms with van der Waals surface area (Å²) in [5.74, 6) is -1.06. The van der Waals surface area contributed by atoms with Gasteiger partial charge >= 0.3 is 5.97 Å². The molecule has 1 amide bonds. The van der Waals surface area contributed by atoms with E-state index in [2.05, 4.69) is 5.32 Å². The molecule has 0 fully saturated rings. The van der Waals surface area contributed by atoms with E-state index in [4.69, 9.17) is 4.74 Å². The molecule has 2 N–H and O–H groups in total. The van der Waals surface area contributed by atoms with Crippen LogP contribution in [0.2, 0.25) is 0 Å². The minimum absolute atomic E-state index is 0.0219. The average molecular weight is 300 g/mol. The summed E-state index contributed by atoms with van der Waals surface area (Å²) in [6.45, 7) is 5.14. The zero-order valence-corrected chi connectivity index (χ0v) is 12.5. The van der Waals surface area contributed by atoms with Gasteiger partial charge in [0.15, 0.2) is 5.75 Å². The number of hydrogen-bond donors (Lipinski definition) is 2. The molecule has 1 aromatic carbocycles. The first kappa shape index (κ1) is 14.2. The van der Waals surface area contributed by atoms with Gasteiger partial charge in [0.1, 0.15) is 11.2 Å². The highest BCUT2D eigenvalue weighted by molar-refractivity contribution is 5.97. The second kappa shape index (κ2) is 4.62. The first-order valence-corrected chi connectivity index (χ1v) is 6.86. The van der Waals surface area contributed by atoms with Gasteiger partial charge in [0.25, 0.3) is 0 Å². The van der Waals surface area contributed by atoms with Crippen molar-refractivity contribution in [3.05, 3.63) is 41.7 Å². The van der Waals surface area contributed by atoms with Crippen molar-refractivity contribution in [2.24, 2.45) is 0 Å². The number of anilines is 1. The van der Waals surface area contributed by atoms with Crippen LogP contribution in [0.15, 0.2) is 30.5 Å². The molecule has 0 aliphatic carbocycles. The van der Waals surface area contributed by atoms with Crippen LogP contribution in [-0.4, -0.2) is 21.6 Å². The first-order valence-electron chi connectivity index (χ1n) is 6.86. The smallest absolute Gasteiger partial charge is 0.339 e. The summed E-state index contributed by atoms with van der Waals surface area (Å²) < 4.78 is 7.83. The molecular weight excluding hydrogens is 284 g/mol. The summed E-state index contributed by atoms with van der Waals surface area (Å²) in [6.07, 6.45) is 1.85. The van der Waals surface area contributed by atoms with Crippen molar-refractivity contribution in [1.29, 1.82) is 0 Å². The molecule has 22 heavy (non-hydrogen) atoms. The highest BCUT2D eigenvalue weighted by Crippen LogP contribution is 2.42. The number of benzene rings is 1. The Kier molecular flexibility index (Phi) is 2.98. The van der Waals surface area contributed by atoms with Gasteiger partial charge in [0.2, 0.25) is 5.91 Å².